The standard InChI is InChI=1S/C17H25N3O/c1-4-9-19(10-5-2)17-14-16(13-15(3)20(17)21)18-11-7-6-8-12-18/h4-5,13-14H,1-2,6-12H2,3H3. The summed E-state index contributed by atoms with van der Waals surface area (Å²) < 4.78 is 1.00. The molecular formula is C17H25N3O. The molecule has 1 aromatic heterocycles. The van der Waals surface area contributed by atoms with Gasteiger partial charge in [0.1, 0.15) is 18.8 Å². The zero-order valence-electron chi connectivity index (χ0n) is 12.9. The summed E-state index contributed by atoms with van der Waals surface area (Å²) in [7, 11) is 0. The second kappa shape index (κ2) is 7.16. The van der Waals surface area contributed by atoms with Gasteiger partial charge in [0, 0.05) is 24.8 Å². The minimum atomic E-state index is 0.636. The van der Waals surface area contributed by atoms with E-state index < -0.39 is 0 Å². The first-order valence-electron chi connectivity index (χ1n) is 7.63. The summed E-state index contributed by atoms with van der Waals surface area (Å²) in [5, 5.41) is 12.4. The van der Waals surface area contributed by atoms with Crippen LogP contribution in [0, 0.1) is 12.1 Å². The highest BCUT2D eigenvalue weighted by Gasteiger charge is 2.20. The number of piperidine rings is 1. The Kier molecular flexibility index (Phi) is 5.26. The first kappa shape index (κ1) is 15.4. The minimum absolute atomic E-state index is 0.636. The molecule has 0 unspecified atom stereocenters. The Balaban J connectivity index is 2.36. The van der Waals surface area contributed by atoms with Crippen molar-refractivity contribution in [1.29, 1.82) is 0 Å². The monoisotopic (exact) mass is 287 g/mol. The fraction of sp³-hybridized carbons (Fsp3) is 0.471. The Morgan fingerprint density at radius 3 is 2.38 bits per heavy atom. The van der Waals surface area contributed by atoms with Crippen molar-refractivity contribution in [1.82, 2.24) is 0 Å². The third kappa shape index (κ3) is 3.57. The molecule has 1 aliphatic heterocycles. The smallest absolute Gasteiger partial charge is 0.282 e. The van der Waals surface area contributed by atoms with Gasteiger partial charge in [-0.05, 0) is 26.2 Å². The summed E-state index contributed by atoms with van der Waals surface area (Å²) in [6.07, 6.45) is 7.38. The fourth-order valence-corrected chi connectivity index (χ4v) is 2.81. The molecule has 1 fully saturated rings. The van der Waals surface area contributed by atoms with Crippen molar-refractivity contribution in [2.24, 2.45) is 0 Å². The summed E-state index contributed by atoms with van der Waals surface area (Å²) in [5.41, 5.74) is 1.87. The average molecular weight is 287 g/mol. The highest BCUT2D eigenvalue weighted by Crippen LogP contribution is 2.24. The third-order valence-corrected chi connectivity index (χ3v) is 3.91. The van der Waals surface area contributed by atoms with E-state index >= 15 is 0 Å². The molecule has 21 heavy (non-hydrogen) atoms. The van der Waals surface area contributed by atoms with Crippen molar-refractivity contribution in [2.75, 3.05) is 36.0 Å². The molecule has 1 aliphatic rings. The van der Waals surface area contributed by atoms with E-state index in [4.69, 9.17) is 0 Å². The van der Waals surface area contributed by atoms with E-state index in [0.29, 0.717) is 18.9 Å². The van der Waals surface area contributed by atoms with Crippen LogP contribution in [0.25, 0.3) is 0 Å². The maximum atomic E-state index is 12.4. The second-order valence-corrected chi connectivity index (χ2v) is 5.54. The normalized spacial score (nSPS) is 14.8. The molecule has 0 amide bonds. The molecule has 1 saturated heterocycles. The maximum Gasteiger partial charge on any atom is 0.282 e. The van der Waals surface area contributed by atoms with Gasteiger partial charge in [0.2, 0.25) is 0 Å². The molecule has 2 heterocycles. The molecule has 114 valence electrons. The van der Waals surface area contributed by atoms with Gasteiger partial charge in [0.15, 0.2) is 0 Å². The van der Waals surface area contributed by atoms with E-state index in [1.54, 1.807) is 0 Å². The van der Waals surface area contributed by atoms with Crippen LogP contribution in [0.5, 0.6) is 0 Å². The van der Waals surface area contributed by atoms with Gasteiger partial charge < -0.3 is 10.1 Å². The largest absolute Gasteiger partial charge is 0.710 e. The SMILES string of the molecule is C=CCN(CC=C)c1cc(N2CCCCC2)cc(C)[n+]1[O-]. The Bertz CT molecular complexity index is 497. The predicted octanol–water partition coefficient (Wildman–Crippen LogP) is 2.80. The van der Waals surface area contributed by atoms with Crippen molar-refractivity contribution in [3.8, 4) is 0 Å². The number of rotatable bonds is 6. The van der Waals surface area contributed by atoms with E-state index in [-0.39, 0.29) is 0 Å². The summed E-state index contributed by atoms with van der Waals surface area (Å²) in [6.45, 7) is 12.8. The molecule has 4 nitrogen and oxygen atoms in total. The molecule has 4 heteroatoms. The first-order valence-corrected chi connectivity index (χ1v) is 7.63. The molecule has 0 saturated carbocycles. The lowest BCUT2D eigenvalue weighted by Gasteiger charge is -2.30. The molecule has 2 rings (SSSR count). The van der Waals surface area contributed by atoms with Crippen molar-refractivity contribution >= 4 is 11.5 Å². The van der Waals surface area contributed by atoms with Crippen LogP contribution in [-0.2, 0) is 0 Å². The predicted molar refractivity (Wildman–Crippen MR) is 88.8 cm³/mol. The summed E-state index contributed by atoms with van der Waals surface area (Å²) in [4.78, 5) is 4.37. The van der Waals surface area contributed by atoms with Gasteiger partial charge in [-0.1, -0.05) is 25.3 Å². The molecular weight excluding hydrogens is 262 g/mol. The van der Waals surface area contributed by atoms with Crippen molar-refractivity contribution in [3.05, 3.63) is 48.3 Å². The second-order valence-electron chi connectivity index (χ2n) is 5.54. The van der Waals surface area contributed by atoms with Crippen LogP contribution in [0.2, 0.25) is 0 Å². The molecule has 0 aliphatic carbocycles. The van der Waals surface area contributed by atoms with Gasteiger partial charge in [-0.15, -0.1) is 0 Å². The maximum absolute atomic E-state index is 12.4. The molecule has 0 atom stereocenters. The fourth-order valence-electron chi connectivity index (χ4n) is 2.81. The van der Waals surface area contributed by atoms with Crippen LogP contribution in [-0.4, -0.2) is 26.2 Å². The summed E-state index contributed by atoms with van der Waals surface area (Å²) >= 11 is 0. The van der Waals surface area contributed by atoms with Gasteiger partial charge in [0.25, 0.3) is 5.82 Å². The zero-order chi connectivity index (χ0) is 15.2. The van der Waals surface area contributed by atoms with Gasteiger partial charge >= 0.3 is 0 Å². The lowest BCUT2D eigenvalue weighted by atomic mass is 10.1. The van der Waals surface area contributed by atoms with E-state index in [2.05, 4.69) is 18.1 Å². The number of hydrogen-bond donors (Lipinski definition) is 0. The topological polar surface area (TPSA) is 33.4 Å². The first-order chi connectivity index (χ1) is 10.2. The lowest BCUT2D eigenvalue weighted by Crippen LogP contribution is -2.41. The van der Waals surface area contributed by atoms with Crippen LogP contribution in [0.1, 0.15) is 25.0 Å². The van der Waals surface area contributed by atoms with Crippen LogP contribution >= 0.6 is 0 Å². The number of hydrogen-bond acceptors (Lipinski definition) is 3. The minimum Gasteiger partial charge on any atom is -0.710 e. The molecule has 1 aromatic rings. The van der Waals surface area contributed by atoms with Gasteiger partial charge in [-0.25, -0.2) is 4.73 Å². The van der Waals surface area contributed by atoms with Crippen molar-refractivity contribution < 1.29 is 4.73 Å². The van der Waals surface area contributed by atoms with E-state index in [9.17, 15) is 5.21 Å². The van der Waals surface area contributed by atoms with Crippen molar-refractivity contribution in [2.45, 2.75) is 26.2 Å². The third-order valence-electron chi connectivity index (χ3n) is 3.91. The van der Waals surface area contributed by atoms with Gasteiger partial charge in [0.05, 0.1) is 6.07 Å². The van der Waals surface area contributed by atoms with Crippen LogP contribution in [0.3, 0.4) is 0 Å². The quantitative estimate of drug-likeness (QED) is 0.458. The Hall–Kier alpha value is -1.97. The van der Waals surface area contributed by atoms with Gasteiger partial charge in [-0.2, -0.15) is 0 Å². The Labute approximate surface area is 127 Å². The number of aryl methyl sites for hydroxylation is 1. The zero-order valence-corrected chi connectivity index (χ0v) is 12.9. The highest BCUT2D eigenvalue weighted by molar-refractivity contribution is 5.54. The average Bonchev–Trinajstić information content (AvgIpc) is 2.50. The van der Waals surface area contributed by atoms with E-state index in [0.717, 1.165) is 29.2 Å². The molecule has 0 spiro atoms. The molecule has 0 N–H and O–H groups in total. The van der Waals surface area contributed by atoms with Crippen LogP contribution < -0.4 is 14.5 Å². The molecule has 0 radical (unpaired) electrons. The number of pyridine rings is 1. The number of aromatic nitrogens is 1. The number of anilines is 2. The van der Waals surface area contributed by atoms with E-state index in [1.165, 1.54) is 19.3 Å². The lowest BCUT2D eigenvalue weighted by molar-refractivity contribution is -0.599. The summed E-state index contributed by atoms with van der Waals surface area (Å²) in [5.74, 6) is 0.676. The molecule has 0 aromatic carbocycles. The van der Waals surface area contributed by atoms with Gasteiger partial charge in [-0.3, -0.25) is 4.90 Å². The van der Waals surface area contributed by atoms with Crippen LogP contribution in [0.4, 0.5) is 11.5 Å². The van der Waals surface area contributed by atoms with Crippen molar-refractivity contribution in [3.63, 3.8) is 0 Å². The Morgan fingerprint density at radius 2 is 1.81 bits per heavy atom. The van der Waals surface area contributed by atoms with E-state index in [1.807, 2.05) is 36.1 Å². The number of nitrogens with zero attached hydrogens (tertiary/aromatic N) is 3. The van der Waals surface area contributed by atoms with Crippen LogP contribution in [0.15, 0.2) is 37.4 Å². The highest BCUT2D eigenvalue weighted by atomic mass is 16.5. The summed E-state index contributed by atoms with van der Waals surface area (Å²) in [6, 6.07) is 3.99. The Morgan fingerprint density at radius 1 is 1.19 bits per heavy atom. The molecule has 0 bridgehead atoms.